The molecule has 2 aliphatic rings. The van der Waals surface area contributed by atoms with Gasteiger partial charge < -0.3 is 5.73 Å². The molecular weight excluding hydrogens is 539 g/mol. The minimum Gasteiger partial charge on any atom is -0.399 e. The third-order valence-electron chi connectivity index (χ3n) is 7.90. The Kier molecular flexibility index (Phi) is 4.38. The van der Waals surface area contributed by atoms with Crippen molar-refractivity contribution in [1.29, 1.82) is 0 Å². The van der Waals surface area contributed by atoms with Gasteiger partial charge in [-0.1, -0.05) is 17.7 Å². The van der Waals surface area contributed by atoms with Crippen LogP contribution in [0.1, 0.15) is 27.8 Å². The maximum atomic E-state index is 6.02. The number of thiophene rings is 4. The van der Waals surface area contributed by atoms with Gasteiger partial charge in [-0.25, -0.2) is 0 Å². The van der Waals surface area contributed by atoms with Crippen LogP contribution in [-0.4, -0.2) is 0 Å². The molecule has 0 atom stereocenters. The highest BCUT2D eigenvalue weighted by Gasteiger charge is 2.29. The molecule has 4 aromatic heterocycles. The lowest BCUT2D eigenvalue weighted by Gasteiger charge is -2.06. The number of benzene rings is 3. The first kappa shape index (κ1) is 21.7. The zero-order valence-electron chi connectivity index (χ0n) is 20.6. The molecule has 4 heterocycles. The molecule has 7 aromatic rings. The van der Waals surface area contributed by atoms with Crippen LogP contribution in [0, 0.1) is 6.92 Å². The molecule has 0 unspecified atom stereocenters. The van der Waals surface area contributed by atoms with Crippen LogP contribution in [0.5, 0.6) is 0 Å². The van der Waals surface area contributed by atoms with E-state index in [0.717, 1.165) is 18.5 Å². The normalized spacial score (nSPS) is 13.3. The third kappa shape index (κ3) is 3.13. The molecular formula is C33H21NS4. The first-order valence-electron chi connectivity index (χ1n) is 12.8. The van der Waals surface area contributed by atoms with E-state index in [-0.39, 0.29) is 0 Å². The first-order valence-corrected chi connectivity index (χ1v) is 16.0. The third-order valence-corrected chi connectivity index (χ3v) is 12.9. The van der Waals surface area contributed by atoms with Crippen molar-refractivity contribution in [2.24, 2.45) is 0 Å². The van der Waals surface area contributed by atoms with Gasteiger partial charge in [-0.2, -0.15) is 0 Å². The fraction of sp³-hybridized carbons (Fsp3) is 0.0909. The molecule has 0 fully saturated rings. The predicted molar refractivity (Wildman–Crippen MR) is 169 cm³/mol. The van der Waals surface area contributed by atoms with Crippen LogP contribution in [0.4, 0.5) is 5.69 Å². The van der Waals surface area contributed by atoms with E-state index in [4.69, 9.17) is 5.73 Å². The summed E-state index contributed by atoms with van der Waals surface area (Å²) in [7, 11) is 0. The standard InChI is InChI=1S/C33H21NS4/c1-16-2-4-26-19(6-16)12-28(35-26)30-14-21-7-17-11-25-18(10-24(17)32(21)37-30)8-22-15-31(38-33(22)25)29-13-20-9-23(34)3-5-27(20)36-29/h2-6,9-15H,7-8,34H2,1H3. The number of nitrogen functional groups attached to an aromatic ring is 1. The summed E-state index contributed by atoms with van der Waals surface area (Å²) in [5, 5.41) is 2.61. The van der Waals surface area contributed by atoms with Crippen molar-refractivity contribution >= 4 is 71.2 Å². The Morgan fingerprint density at radius 3 is 1.66 bits per heavy atom. The topological polar surface area (TPSA) is 26.0 Å². The van der Waals surface area contributed by atoms with Gasteiger partial charge in [0.15, 0.2) is 0 Å². The van der Waals surface area contributed by atoms with Crippen molar-refractivity contribution < 1.29 is 0 Å². The number of anilines is 1. The van der Waals surface area contributed by atoms with Crippen molar-refractivity contribution in [3.05, 3.63) is 101 Å². The molecule has 0 aliphatic heterocycles. The molecule has 0 spiro atoms. The van der Waals surface area contributed by atoms with Gasteiger partial charge in [-0.05, 0) is 125 Å². The van der Waals surface area contributed by atoms with Crippen molar-refractivity contribution in [2.45, 2.75) is 19.8 Å². The van der Waals surface area contributed by atoms with E-state index in [0.29, 0.717) is 0 Å². The Balaban J connectivity index is 1.07. The molecule has 9 rings (SSSR count). The van der Waals surface area contributed by atoms with Gasteiger partial charge in [-0.3, -0.25) is 0 Å². The van der Waals surface area contributed by atoms with E-state index in [9.17, 15) is 0 Å². The number of hydrogen-bond donors (Lipinski definition) is 1. The van der Waals surface area contributed by atoms with Crippen molar-refractivity contribution in [2.75, 3.05) is 5.73 Å². The van der Waals surface area contributed by atoms with Gasteiger partial charge in [0.25, 0.3) is 0 Å². The summed E-state index contributed by atoms with van der Waals surface area (Å²) in [5.41, 5.74) is 17.0. The second-order valence-electron chi connectivity index (χ2n) is 10.5. The highest BCUT2D eigenvalue weighted by atomic mass is 32.1. The summed E-state index contributed by atoms with van der Waals surface area (Å²) in [6, 6.07) is 27.6. The summed E-state index contributed by atoms with van der Waals surface area (Å²) in [4.78, 5) is 8.47. The van der Waals surface area contributed by atoms with Crippen LogP contribution >= 0.6 is 45.3 Å². The molecule has 2 N–H and O–H groups in total. The fourth-order valence-electron chi connectivity index (χ4n) is 6.10. The molecule has 0 bridgehead atoms. The molecule has 182 valence electrons. The SMILES string of the molecule is Cc1ccc2sc(-c3cc4c(s3)-c3cc5c(cc3C4)-c3sc(-c4cc6cc(N)ccc6s4)cc3C5)cc2c1. The second-order valence-corrected chi connectivity index (χ2v) is 14.8. The van der Waals surface area contributed by atoms with Gasteiger partial charge in [-0.15, -0.1) is 45.3 Å². The van der Waals surface area contributed by atoms with Crippen molar-refractivity contribution in [3.63, 3.8) is 0 Å². The Bertz CT molecular complexity index is 1960. The summed E-state index contributed by atoms with van der Waals surface area (Å²) in [6.07, 6.45) is 2.08. The first-order chi connectivity index (χ1) is 18.6. The quantitative estimate of drug-likeness (QED) is 0.209. The fourth-order valence-corrected chi connectivity index (χ4v) is 10.8. The van der Waals surface area contributed by atoms with Gasteiger partial charge in [0, 0.05) is 44.4 Å². The second kappa shape index (κ2) is 7.67. The number of fused-ring (bicyclic) bond motifs is 8. The number of rotatable bonds is 2. The van der Waals surface area contributed by atoms with Gasteiger partial charge >= 0.3 is 0 Å². The number of hydrogen-bond acceptors (Lipinski definition) is 5. The van der Waals surface area contributed by atoms with Gasteiger partial charge in [0.2, 0.25) is 0 Å². The average Bonchev–Trinajstić information content (AvgIpc) is 3.70. The molecule has 0 saturated carbocycles. The minimum atomic E-state index is 0.831. The summed E-state index contributed by atoms with van der Waals surface area (Å²) in [6.45, 7) is 2.17. The largest absolute Gasteiger partial charge is 0.399 e. The number of nitrogens with two attached hydrogens (primary N) is 1. The predicted octanol–water partition coefficient (Wildman–Crippen LogP) is 10.6. The molecule has 0 amide bonds. The molecule has 38 heavy (non-hydrogen) atoms. The number of aryl methyl sites for hydroxylation is 1. The molecule has 3 aromatic carbocycles. The Morgan fingerprint density at radius 2 is 1.05 bits per heavy atom. The van der Waals surface area contributed by atoms with Gasteiger partial charge in [0.05, 0.1) is 0 Å². The smallest absolute Gasteiger partial charge is 0.0455 e. The van der Waals surface area contributed by atoms with Crippen LogP contribution in [0.15, 0.2) is 72.8 Å². The molecule has 0 saturated heterocycles. The molecule has 5 heteroatoms. The highest BCUT2D eigenvalue weighted by molar-refractivity contribution is 7.27. The van der Waals surface area contributed by atoms with Crippen molar-refractivity contribution in [1.82, 2.24) is 0 Å². The maximum Gasteiger partial charge on any atom is 0.0455 e. The van der Waals surface area contributed by atoms with Gasteiger partial charge in [0.1, 0.15) is 0 Å². The lowest BCUT2D eigenvalue weighted by atomic mass is 10.0. The van der Waals surface area contributed by atoms with Crippen LogP contribution in [0.2, 0.25) is 0 Å². The Morgan fingerprint density at radius 1 is 0.526 bits per heavy atom. The van der Waals surface area contributed by atoms with Crippen LogP contribution < -0.4 is 5.73 Å². The van der Waals surface area contributed by atoms with E-state index in [2.05, 4.69) is 73.7 Å². The van der Waals surface area contributed by atoms with E-state index in [1.807, 2.05) is 51.4 Å². The molecule has 1 nitrogen and oxygen atoms in total. The highest BCUT2D eigenvalue weighted by Crippen LogP contribution is 2.53. The van der Waals surface area contributed by atoms with Crippen LogP contribution in [0.25, 0.3) is 60.6 Å². The van der Waals surface area contributed by atoms with Crippen molar-refractivity contribution in [3.8, 4) is 40.4 Å². The Labute approximate surface area is 236 Å². The monoisotopic (exact) mass is 559 g/mol. The maximum absolute atomic E-state index is 6.02. The van der Waals surface area contributed by atoms with Crippen LogP contribution in [0.3, 0.4) is 0 Å². The minimum absolute atomic E-state index is 0.831. The zero-order chi connectivity index (χ0) is 25.1. The lowest BCUT2D eigenvalue weighted by molar-refractivity contribution is 1.24. The van der Waals surface area contributed by atoms with E-state index < -0.39 is 0 Å². The molecule has 2 aliphatic carbocycles. The zero-order valence-corrected chi connectivity index (χ0v) is 23.8. The lowest BCUT2D eigenvalue weighted by Crippen LogP contribution is -1.86. The van der Waals surface area contributed by atoms with E-state index >= 15 is 0 Å². The average molecular weight is 560 g/mol. The summed E-state index contributed by atoms with van der Waals surface area (Å²) in [5.74, 6) is 0. The molecule has 0 radical (unpaired) electrons. The van der Waals surface area contributed by atoms with Crippen LogP contribution in [-0.2, 0) is 12.8 Å². The summed E-state index contributed by atoms with van der Waals surface area (Å²) >= 11 is 7.72. The van der Waals surface area contributed by atoms with E-state index in [1.165, 1.54) is 88.4 Å². The van der Waals surface area contributed by atoms with E-state index in [1.54, 1.807) is 0 Å². The Hall–Kier alpha value is -3.22. The summed E-state index contributed by atoms with van der Waals surface area (Å²) < 4.78 is 2.68.